The van der Waals surface area contributed by atoms with Crippen molar-refractivity contribution in [1.29, 1.82) is 0 Å². The van der Waals surface area contributed by atoms with Crippen molar-refractivity contribution >= 4 is 29.2 Å². The third-order valence-electron chi connectivity index (χ3n) is 5.52. The van der Waals surface area contributed by atoms with Gasteiger partial charge in [-0.3, -0.25) is 22.7 Å². The van der Waals surface area contributed by atoms with Gasteiger partial charge in [-0.15, -0.1) is 0 Å². The van der Waals surface area contributed by atoms with Crippen LogP contribution in [-0.2, 0) is 59.7 Å². The molecular weight excluding hydrogens is 530 g/mol. The Morgan fingerprint density at radius 1 is 0.974 bits per heavy atom. The van der Waals surface area contributed by atoms with Crippen molar-refractivity contribution in [3.63, 3.8) is 0 Å². The van der Waals surface area contributed by atoms with E-state index in [-0.39, 0.29) is 19.8 Å². The van der Waals surface area contributed by atoms with Gasteiger partial charge in [-0.2, -0.15) is 4.21 Å². The average molecular weight is 572 g/mol. The molecular formula is C27H41NO10S. The number of benzene rings is 1. The van der Waals surface area contributed by atoms with E-state index in [0.29, 0.717) is 0 Å². The van der Waals surface area contributed by atoms with Gasteiger partial charge in [-0.05, 0) is 54.0 Å². The van der Waals surface area contributed by atoms with E-state index in [1.165, 1.54) is 6.92 Å². The van der Waals surface area contributed by atoms with E-state index < -0.39 is 70.7 Å². The van der Waals surface area contributed by atoms with Crippen LogP contribution in [0.5, 0.6) is 0 Å². The average Bonchev–Trinajstić information content (AvgIpc) is 2.83. The lowest BCUT2D eigenvalue weighted by Gasteiger charge is -2.45. The quantitative estimate of drug-likeness (QED) is 0.395. The fourth-order valence-corrected chi connectivity index (χ4v) is 4.13. The molecule has 0 aliphatic carbocycles. The van der Waals surface area contributed by atoms with Gasteiger partial charge in [0.2, 0.25) is 5.91 Å². The second kappa shape index (κ2) is 14.3. The number of hydrogen-bond acceptors (Lipinski definition) is 10. The molecule has 39 heavy (non-hydrogen) atoms. The van der Waals surface area contributed by atoms with Crippen molar-refractivity contribution in [3.05, 3.63) is 35.9 Å². The minimum absolute atomic E-state index is 0.0776. The summed E-state index contributed by atoms with van der Waals surface area (Å²) >= 11 is -2.26. The van der Waals surface area contributed by atoms with Gasteiger partial charge in [0, 0.05) is 6.92 Å². The Balaban J connectivity index is 2.50. The van der Waals surface area contributed by atoms with Gasteiger partial charge in [0.05, 0.1) is 24.0 Å². The van der Waals surface area contributed by atoms with Gasteiger partial charge in [0.25, 0.3) is 0 Å². The first-order chi connectivity index (χ1) is 18.1. The first-order valence-electron chi connectivity index (χ1n) is 12.8. The van der Waals surface area contributed by atoms with Crippen LogP contribution >= 0.6 is 0 Å². The van der Waals surface area contributed by atoms with Crippen LogP contribution in [0, 0.1) is 10.8 Å². The van der Waals surface area contributed by atoms with Crippen molar-refractivity contribution in [3.8, 4) is 0 Å². The van der Waals surface area contributed by atoms with Crippen molar-refractivity contribution < 1.29 is 45.9 Å². The minimum atomic E-state index is -2.26. The molecule has 1 unspecified atom stereocenters. The molecule has 1 heterocycles. The summed E-state index contributed by atoms with van der Waals surface area (Å²) in [4.78, 5) is 37.8. The number of nitrogens with one attached hydrogen (secondary N) is 1. The standard InChI is InChI=1S/C27H41NO10S/c1-9-35-39(32)38-21-19(16-34-24(30)26(3,4)5)36-23(33-15-18-13-11-10-12-14-18)20(28-17(2)29)22(21)37-25(31)27(6,7)8/h10-14,19-23H,9,15-16H2,1-8H3,(H,28,29)/t19-,20-,21-,22-,23+,39?/m1/s1. The Morgan fingerprint density at radius 2 is 1.59 bits per heavy atom. The molecule has 0 aromatic heterocycles. The highest BCUT2D eigenvalue weighted by Crippen LogP contribution is 2.31. The maximum absolute atomic E-state index is 13.0. The second-order valence-electron chi connectivity index (χ2n) is 11.2. The topological polar surface area (TPSA) is 136 Å². The van der Waals surface area contributed by atoms with Gasteiger partial charge in [0.1, 0.15) is 24.9 Å². The number of amides is 1. The molecule has 2 rings (SSSR count). The number of hydrogen-bond donors (Lipinski definition) is 1. The highest BCUT2D eigenvalue weighted by molar-refractivity contribution is 7.75. The lowest BCUT2D eigenvalue weighted by Crippen LogP contribution is -2.66. The molecule has 6 atom stereocenters. The van der Waals surface area contributed by atoms with Crippen LogP contribution in [0.25, 0.3) is 0 Å². The van der Waals surface area contributed by atoms with E-state index in [1.54, 1.807) is 48.5 Å². The van der Waals surface area contributed by atoms with Crippen molar-refractivity contribution in [2.24, 2.45) is 10.8 Å². The van der Waals surface area contributed by atoms with Crippen LogP contribution in [0.4, 0.5) is 0 Å². The zero-order valence-electron chi connectivity index (χ0n) is 23.9. The summed E-state index contributed by atoms with van der Waals surface area (Å²) < 4.78 is 46.9. The molecule has 0 spiro atoms. The summed E-state index contributed by atoms with van der Waals surface area (Å²) in [6, 6.07) is 8.21. The van der Waals surface area contributed by atoms with Crippen LogP contribution in [0.15, 0.2) is 30.3 Å². The molecule has 1 aliphatic rings. The molecule has 1 saturated heterocycles. The van der Waals surface area contributed by atoms with E-state index in [1.807, 2.05) is 30.3 Å². The number of esters is 2. The lowest BCUT2D eigenvalue weighted by molar-refractivity contribution is -0.275. The molecule has 0 radical (unpaired) electrons. The molecule has 12 heteroatoms. The fraction of sp³-hybridized carbons (Fsp3) is 0.667. The predicted octanol–water partition coefficient (Wildman–Crippen LogP) is 2.98. The SMILES string of the molecule is CCOS(=O)O[C@H]1[C@H](OC(=O)C(C)(C)C)[C@@H](NC(C)=O)[C@@H](OCc2ccccc2)O[C@@H]1COC(=O)C(C)(C)C. The third-order valence-corrected chi connectivity index (χ3v) is 6.33. The van der Waals surface area contributed by atoms with Gasteiger partial charge >= 0.3 is 23.3 Å². The molecule has 1 aliphatic heterocycles. The molecule has 0 saturated carbocycles. The van der Waals surface area contributed by atoms with Gasteiger partial charge in [-0.1, -0.05) is 30.3 Å². The first-order valence-corrected chi connectivity index (χ1v) is 13.8. The monoisotopic (exact) mass is 571 g/mol. The van der Waals surface area contributed by atoms with Crippen LogP contribution in [0.1, 0.15) is 61.0 Å². The molecule has 0 bridgehead atoms. The second-order valence-corrected chi connectivity index (χ2v) is 12.0. The van der Waals surface area contributed by atoms with Crippen molar-refractivity contribution in [2.75, 3.05) is 13.2 Å². The zero-order valence-corrected chi connectivity index (χ0v) is 24.7. The van der Waals surface area contributed by atoms with Gasteiger partial charge in [-0.25, -0.2) is 0 Å². The molecule has 1 aromatic carbocycles. The summed E-state index contributed by atoms with van der Waals surface area (Å²) in [6.45, 7) is 12.9. The molecule has 220 valence electrons. The summed E-state index contributed by atoms with van der Waals surface area (Å²) in [7, 11) is 0. The van der Waals surface area contributed by atoms with Gasteiger partial charge in [0.15, 0.2) is 12.4 Å². The maximum Gasteiger partial charge on any atom is 0.311 e. The lowest BCUT2D eigenvalue weighted by atomic mass is 9.94. The summed E-state index contributed by atoms with van der Waals surface area (Å²) in [6.07, 6.45) is -4.74. The molecule has 11 nitrogen and oxygen atoms in total. The van der Waals surface area contributed by atoms with E-state index in [2.05, 4.69) is 5.32 Å². The van der Waals surface area contributed by atoms with E-state index in [4.69, 9.17) is 27.3 Å². The molecule has 1 amide bonds. The smallest absolute Gasteiger partial charge is 0.311 e. The highest BCUT2D eigenvalue weighted by Gasteiger charge is 2.52. The number of carbonyl (C=O) groups is 3. The Kier molecular flexibility index (Phi) is 12.0. The Hall–Kier alpha value is -2.38. The van der Waals surface area contributed by atoms with E-state index >= 15 is 0 Å². The maximum atomic E-state index is 13.0. The van der Waals surface area contributed by atoms with Crippen molar-refractivity contribution in [2.45, 2.75) is 92.6 Å². The van der Waals surface area contributed by atoms with Crippen molar-refractivity contribution in [1.82, 2.24) is 5.32 Å². The molecule has 1 N–H and O–H groups in total. The van der Waals surface area contributed by atoms with E-state index in [9.17, 15) is 18.6 Å². The van der Waals surface area contributed by atoms with Crippen LogP contribution in [0.3, 0.4) is 0 Å². The summed E-state index contributed by atoms with van der Waals surface area (Å²) in [5, 5.41) is 2.73. The van der Waals surface area contributed by atoms with Gasteiger partial charge < -0.3 is 24.3 Å². The summed E-state index contributed by atoms with van der Waals surface area (Å²) in [5.74, 6) is -1.56. The number of carbonyl (C=O) groups excluding carboxylic acids is 3. The predicted molar refractivity (Wildman–Crippen MR) is 142 cm³/mol. The van der Waals surface area contributed by atoms with Crippen LogP contribution in [-0.4, -0.2) is 65.9 Å². The molecule has 1 aromatic rings. The minimum Gasteiger partial charge on any atom is -0.462 e. The largest absolute Gasteiger partial charge is 0.462 e. The molecule has 1 fully saturated rings. The third kappa shape index (κ3) is 10.3. The normalized spacial score (nSPS) is 24.5. The Morgan fingerprint density at radius 3 is 2.13 bits per heavy atom. The highest BCUT2D eigenvalue weighted by atomic mass is 32.2. The zero-order chi connectivity index (χ0) is 29.4. The number of rotatable bonds is 11. The number of ether oxygens (including phenoxy) is 4. The Bertz CT molecular complexity index is 989. The van der Waals surface area contributed by atoms with E-state index in [0.717, 1.165) is 5.56 Å². The fourth-order valence-electron chi connectivity index (χ4n) is 3.47. The van der Waals surface area contributed by atoms with Crippen LogP contribution < -0.4 is 5.32 Å². The summed E-state index contributed by atoms with van der Waals surface area (Å²) in [5.41, 5.74) is -0.895. The Labute approximate surface area is 233 Å². The van der Waals surface area contributed by atoms with Crippen LogP contribution in [0.2, 0.25) is 0 Å². The first kappa shape index (κ1) is 32.8.